The van der Waals surface area contributed by atoms with Crippen LogP contribution in [-0.2, 0) is 24.6 Å². The van der Waals surface area contributed by atoms with Crippen LogP contribution in [0.15, 0.2) is 67.0 Å². The van der Waals surface area contributed by atoms with Gasteiger partial charge in [0.1, 0.15) is 43.9 Å². The summed E-state index contributed by atoms with van der Waals surface area (Å²) in [6, 6.07) is 15.8. The molecule has 0 fully saturated rings. The van der Waals surface area contributed by atoms with E-state index in [9.17, 15) is 15.0 Å². The van der Waals surface area contributed by atoms with E-state index in [0.717, 1.165) is 28.0 Å². The van der Waals surface area contributed by atoms with Gasteiger partial charge in [-0.25, -0.2) is 4.98 Å². The first-order valence-corrected chi connectivity index (χ1v) is 13.7. The fourth-order valence-electron chi connectivity index (χ4n) is 4.44. The number of hydrogen-bond donors (Lipinski definition) is 3. The van der Waals surface area contributed by atoms with Gasteiger partial charge in [0.2, 0.25) is 5.88 Å². The number of ether oxygens (including phenoxy) is 4. The van der Waals surface area contributed by atoms with Crippen LogP contribution < -0.4 is 24.3 Å². The third-order valence-corrected chi connectivity index (χ3v) is 7.03. The van der Waals surface area contributed by atoms with E-state index in [4.69, 9.17) is 30.5 Å². The fraction of sp³-hybridized carbons (Fsp3) is 0.258. The second-order valence-corrected chi connectivity index (χ2v) is 9.97. The number of carboxylic acid groups (broad SMARTS) is 1. The van der Waals surface area contributed by atoms with Crippen LogP contribution in [0.5, 0.6) is 23.1 Å². The van der Waals surface area contributed by atoms with Crippen LogP contribution in [0.1, 0.15) is 22.4 Å². The first-order chi connectivity index (χ1) is 20.4. The van der Waals surface area contributed by atoms with E-state index in [1.54, 1.807) is 24.5 Å². The molecule has 1 atom stereocenters. The normalized spacial score (nSPS) is 12.9. The minimum Gasteiger partial charge on any atom is -0.487 e. The second kappa shape index (κ2) is 13.5. The minimum atomic E-state index is -1.17. The Morgan fingerprint density at radius 2 is 1.90 bits per heavy atom. The Bertz CT molecular complexity index is 1550. The van der Waals surface area contributed by atoms with Crippen molar-refractivity contribution in [2.75, 3.05) is 19.8 Å². The lowest BCUT2D eigenvalue weighted by atomic mass is 9.99. The van der Waals surface area contributed by atoms with Crippen molar-refractivity contribution >= 4 is 17.6 Å². The first kappa shape index (κ1) is 29.1. The molecule has 2 aromatic heterocycles. The summed E-state index contributed by atoms with van der Waals surface area (Å²) < 4.78 is 23.6. The molecule has 3 N–H and O–H groups in total. The number of aliphatic hydroxyl groups is 1. The summed E-state index contributed by atoms with van der Waals surface area (Å²) in [6.07, 6.45) is 3.35. The van der Waals surface area contributed by atoms with Crippen molar-refractivity contribution in [3.05, 3.63) is 94.4 Å². The lowest BCUT2D eigenvalue weighted by molar-refractivity contribution is -0.140. The van der Waals surface area contributed by atoms with Gasteiger partial charge in [0.15, 0.2) is 11.5 Å². The molecule has 0 spiro atoms. The van der Waals surface area contributed by atoms with Crippen LogP contribution >= 0.6 is 11.6 Å². The molecule has 0 aliphatic carbocycles. The summed E-state index contributed by atoms with van der Waals surface area (Å²) in [5.74, 6) is 1.19. The van der Waals surface area contributed by atoms with Gasteiger partial charge in [0.05, 0.1) is 11.6 Å². The van der Waals surface area contributed by atoms with Crippen molar-refractivity contribution in [2.45, 2.75) is 32.7 Å². The molecule has 1 aliphatic heterocycles. The molecule has 0 unspecified atom stereocenters. The summed E-state index contributed by atoms with van der Waals surface area (Å²) in [6.45, 7) is 2.77. The quantitative estimate of drug-likeness (QED) is 0.215. The molecule has 5 rings (SSSR count). The predicted molar refractivity (Wildman–Crippen MR) is 155 cm³/mol. The summed E-state index contributed by atoms with van der Waals surface area (Å²) in [5.41, 5.74) is 4.71. The molecule has 0 amide bonds. The largest absolute Gasteiger partial charge is 0.487 e. The van der Waals surface area contributed by atoms with Gasteiger partial charge in [-0.15, -0.1) is 0 Å². The molecular weight excluding hydrogens is 562 g/mol. The van der Waals surface area contributed by atoms with Crippen molar-refractivity contribution in [1.82, 2.24) is 15.3 Å². The Kier molecular flexibility index (Phi) is 9.38. The summed E-state index contributed by atoms with van der Waals surface area (Å²) in [7, 11) is 0. The maximum Gasteiger partial charge on any atom is 0.323 e. The predicted octanol–water partition coefficient (Wildman–Crippen LogP) is 4.57. The van der Waals surface area contributed by atoms with Crippen LogP contribution in [0.2, 0.25) is 5.02 Å². The number of aromatic nitrogens is 2. The highest BCUT2D eigenvalue weighted by atomic mass is 35.5. The zero-order chi connectivity index (χ0) is 29.5. The molecule has 1 aliphatic rings. The van der Waals surface area contributed by atoms with E-state index in [1.165, 1.54) is 0 Å². The van der Waals surface area contributed by atoms with E-state index < -0.39 is 18.6 Å². The molecule has 218 valence electrons. The summed E-state index contributed by atoms with van der Waals surface area (Å²) in [5, 5.41) is 21.8. The van der Waals surface area contributed by atoms with E-state index >= 15 is 0 Å². The number of aliphatic hydroxyl groups excluding tert-OH is 1. The van der Waals surface area contributed by atoms with Crippen LogP contribution in [-0.4, -0.2) is 52.0 Å². The van der Waals surface area contributed by atoms with E-state index in [0.29, 0.717) is 41.0 Å². The number of aliphatic carboxylic acids is 1. The average molecular weight is 592 g/mol. The van der Waals surface area contributed by atoms with Gasteiger partial charge in [0, 0.05) is 30.1 Å². The monoisotopic (exact) mass is 591 g/mol. The smallest absolute Gasteiger partial charge is 0.323 e. The molecule has 0 radical (unpaired) electrons. The zero-order valence-corrected chi connectivity index (χ0v) is 23.6. The highest BCUT2D eigenvalue weighted by Crippen LogP contribution is 2.37. The highest BCUT2D eigenvalue weighted by molar-refractivity contribution is 6.31. The van der Waals surface area contributed by atoms with Crippen LogP contribution in [0.4, 0.5) is 0 Å². The van der Waals surface area contributed by atoms with Gasteiger partial charge in [-0.05, 0) is 53.9 Å². The second-order valence-electron chi connectivity index (χ2n) is 9.56. The van der Waals surface area contributed by atoms with Gasteiger partial charge in [-0.2, -0.15) is 0 Å². The SMILES string of the molecule is Cc1c(OCc2nc(OCc3cccnc3)c(CN[C@@H](CO)C(=O)O)cc2Cl)cccc1-c1ccc2c(c1)OCCO2. The molecule has 2 aromatic carbocycles. The van der Waals surface area contributed by atoms with Crippen LogP contribution in [0.3, 0.4) is 0 Å². The Morgan fingerprint density at radius 1 is 1.07 bits per heavy atom. The maximum absolute atomic E-state index is 11.4. The van der Waals surface area contributed by atoms with Crippen LogP contribution in [0, 0.1) is 6.92 Å². The number of carboxylic acids is 1. The van der Waals surface area contributed by atoms with Crippen molar-refractivity contribution in [1.29, 1.82) is 0 Å². The van der Waals surface area contributed by atoms with Gasteiger partial charge in [-0.1, -0.05) is 35.9 Å². The first-order valence-electron chi connectivity index (χ1n) is 13.3. The molecule has 42 heavy (non-hydrogen) atoms. The van der Waals surface area contributed by atoms with Crippen molar-refractivity contribution < 1.29 is 34.0 Å². The Hall–Kier alpha value is -4.38. The number of benzene rings is 2. The van der Waals surface area contributed by atoms with Gasteiger partial charge >= 0.3 is 5.97 Å². The molecule has 4 aromatic rings. The molecule has 10 nitrogen and oxygen atoms in total. The number of fused-ring (bicyclic) bond motifs is 1. The highest BCUT2D eigenvalue weighted by Gasteiger charge is 2.19. The van der Waals surface area contributed by atoms with Crippen molar-refractivity contribution in [2.24, 2.45) is 0 Å². The lowest BCUT2D eigenvalue weighted by Gasteiger charge is -2.20. The molecule has 0 saturated carbocycles. The number of rotatable bonds is 12. The van der Waals surface area contributed by atoms with Crippen LogP contribution in [0.25, 0.3) is 11.1 Å². The Labute approximate surface area is 247 Å². The molecule has 3 heterocycles. The van der Waals surface area contributed by atoms with Gasteiger partial charge in [-0.3, -0.25) is 15.1 Å². The maximum atomic E-state index is 11.4. The minimum absolute atomic E-state index is 0.0600. The Balaban J connectivity index is 1.36. The van der Waals surface area contributed by atoms with E-state index in [2.05, 4.69) is 15.3 Å². The molecule has 11 heteroatoms. The fourth-order valence-corrected chi connectivity index (χ4v) is 4.67. The number of halogens is 1. The summed E-state index contributed by atoms with van der Waals surface area (Å²) >= 11 is 6.60. The number of pyridine rings is 2. The average Bonchev–Trinajstić information content (AvgIpc) is 3.01. The number of nitrogens with one attached hydrogen (secondary N) is 1. The number of carbonyl (C=O) groups is 1. The van der Waals surface area contributed by atoms with E-state index in [1.807, 2.05) is 49.4 Å². The van der Waals surface area contributed by atoms with Crippen molar-refractivity contribution in [3.8, 4) is 34.3 Å². The third kappa shape index (κ3) is 6.91. The van der Waals surface area contributed by atoms with Gasteiger partial charge < -0.3 is 29.2 Å². The molecular formula is C31H30ClN3O7. The summed E-state index contributed by atoms with van der Waals surface area (Å²) in [4.78, 5) is 20.1. The Morgan fingerprint density at radius 3 is 2.67 bits per heavy atom. The van der Waals surface area contributed by atoms with E-state index in [-0.39, 0.29) is 25.6 Å². The lowest BCUT2D eigenvalue weighted by Crippen LogP contribution is -2.39. The molecule has 0 bridgehead atoms. The number of nitrogens with zero attached hydrogens (tertiary/aromatic N) is 2. The standard InChI is InChI=1S/C31H30ClN3O7/c1-19-23(21-7-8-28-29(13-21)40-11-10-39-28)5-2-6-27(19)41-18-26-24(32)12-22(15-34-25(16-36)31(37)38)30(35-26)42-17-20-4-3-9-33-14-20/h2-9,12-14,25,34,36H,10-11,15-18H2,1H3,(H,37,38)/t25-/m0/s1. The molecule has 0 saturated heterocycles. The van der Waals surface area contributed by atoms with Gasteiger partial charge in [0.25, 0.3) is 0 Å². The van der Waals surface area contributed by atoms with Crippen molar-refractivity contribution in [3.63, 3.8) is 0 Å². The topological polar surface area (TPSA) is 132 Å². The third-order valence-electron chi connectivity index (χ3n) is 6.71. The zero-order valence-electron chi connectivity index (χ0n) is 22.9. The number of hydrogen-bond acceptors (Lipinski definition) is 9.